The minimum Gasteiger partial charge on any atom is -0.465 e. The van der Waals surface area contributed by atoms with Crippen LogP contribution >= 0.6 is 0 Å². The lowest BCUT2D eigenvalue weighted by Crippen LogP contribution is -2.47. The van der Waals surface area contributed by atoms with Crippen molar-refractivity contribution in [1.29, 1.82) is 0 Å². The maximum atomic E-state index is 13.5. The molecule has 0 unspecified atom stereocenters. The van der Waals surface area contributed by atoms with Gasteiger partial charge in [0.15, 0.2) is 0 Å². The van der Waals surface area contributed by atoms with E-state index in [2.05, 4.69) is 0 Å². The lowest BCUT2D eigenvalue weighted by Gasteiger charge is -2.37. The van der Waals surface area contributed by atoms with Crippen molar-refractivity contribution in [2.24, 2.45) is 0 Å². The van der Waals surface area contributed by atoms with Gasteiger partial charge >= 0.3 is 12.1 Å². The second kappa shape index (κ2) is 7.20. The van der Waals surface area contributed by atoms with Gasteiger partial charge in [0.2, 0.25) is 0 Å². The minimum absolute atomic E-state index is 0.0929. The largest absolute Gasteiger partial charge is 0.465 e. The Morgan fingerprint density at radius 3 is 2.17 bits per heavy atom. The van der Waals surface area contributed by atoms with E-state index in [9.17, 15) is 14.0 Å². The summed E-state index contributed by atoms with van der Waals surface area (Å²) in [4.78, 5) is 25.9. The topological polar surface area (TPSA) is 55.8 Å². The molecule has 0 atom stereocenters. The Morgan fingerprint density at radius 2 is 1.71 bits per heavy atom. The molecular weight excluding hydrogens is 313 g/mol. The van der Waals surface area contributed by atoms with Gasteiger partial charge in [0, 0.05) is 5.54 Å². The number of carbonyl (C=O) groups excluding carboxylic acids is 2. The number of esters is 1. The smallest absolute Gasteiger partial charge is 0.411 e. The Labute approximate surface area is 142 Å². The van der Waals surface area contributed by atoms with Gasteiger partial charge in [0.1, 0.15) is 11.4 Å². The number of halogens is 1. The SMILES string of the molecule is COC(=O)c1cc(F)ccc1CN(C(=O)OC(C)(C)C)C(C)(C)C. The molecule has 0 heterocycles. The number of methoxy groups -OCH3 is 1. The highest BCUT2D eigenvalue weighted by molar-refractivity contribution is 5.91. The molecule has 0 fully saturated rings. The number of benzene rings is 1. The second-order valence-electron chi connectivity index (χ2n) is 7.53. The molecule has 1 aromatic rings. The number of ether oxygens (including phenoxy) is 2. The van der Waals surface area contributed by atoms with E-state index < -0.39 is 29.0 Å². The Hall–Kier alpha value is -2.11. The van der Waals surface area contributed by atoms with Crippen LogP contribution in [0.3, 0.4) is 0 Å². The molecule has 5 nitrogen and oxygen atoms in total. The van der Waals surface area contributed by atoms with Crippen LogP contribution in [0.15, 0.2) is 18.2 Å². The number of hydrogen-bond acceptors (Lipinski definition) is 4. The van der Waals surface area contributed by atoms with Crippen LogP contribution in [0.25, 0.3) is 0 Å². The summed E-state index contributed by atoms with van der Waals surface area (Å²) in [6.45, 7) is 11.0. The molecule has 0 N–H and O–H groups in total. The van der Waals surface area contributed by atoms with Crippen LogP contribution in [0.2, 0.25) is 0 Å². The quantitative estimate of drug-likeness (QED) is 0.776. The van der Waals surface area contributed by atoms with E-state index in [0.29, 0.717) is 5.56 Å². The number of carbonyl (C=O) groups is 2. The minimum atomic E-state index is -0.650. The van der Waals surface area contributed by atoms with Crippen molar-refractivity contribution in [1.82, 2.24) is 4.90 Å². The predicted molar refractivity (Wildman–Crippen MR) is 89.3 cm³/mol. The van der Waals surface area contributed by atoms with E-state index >= 15 is 0 Å². The van der Waals surface area contributed by atoms with Crippen molar-refractivity contribution in [3.8, 4) is 0 Å². The maximum absolute atomic E-state index is 13.5. The third-order valence-corrected chi connectivity index (χ3v) is 3.23. The van der Waals surface area contributed by atoms with Gasteiger partial charge in [-0.05, 0) is 59.2 Å². The van der Waals surface area contributed by atoms with Gasteiger partial charge in [-0.25, -0.2) is 14.0 Å². The molecule has 0 aromatic heterocycles. The molecule has 1 rings (SSSR count). The molecule has 0 aliphatic carbocycles. The highest BCUT2D eigenvalue weighted by Crippen LogP contribution is 2.23. The van der Waals surface area contributed by atoms with Crippen molar-refractivity contribution >= 4 is 12.1 Å². The van der Waals surface area contributed by atoms with Gasteiger partial charge in [-0.3, -0.25) is 4.90 Å². The van der Waals surface area contributed by atoms with Crippen LogP contribution in [0.4, 0.5) is 9.18 Å². The summed E-state index contributed by atoms with van der Waals surface area (Å²) in [5.74, 6) is -1.19. The first kappa shape index (κ1) is 19.9. The van der Waals surface area contributed by atoms with Gasteiger partial charge in [-0.15, -0.1) is 0 Å². The highest BCUT2D eigenvalue weighted by atomic mass is 19.1. The summed E-state index contributed by atoms with van der Waals surface area (Å²) in [7, 11) is 1.23. The van der Waals surface area contributed by atoms with Crippen molar-refractivity contribution in [2.45, 2.75) is 59.2 Å². The normalized spacial score (nSPS) is 11.8. The summed E-state index contributed by atoms with van der Waals surface area (Å²) in [6.07, 6.45) is -0.504. The van der Waals surface area contributed by atoms with Crippen LogP contribution in [0.1, 0.15) is 57.5 Å². The standard InChI is InChI=1S/C18H26FNO4/c1-17(2,3)20(16(22)24-18(4,5)6)11-12-8-9-13(19)10-14(12)15(21)23-7/h8-10H,11H2,1-7H3. The third-order valence-electron chi connectivity index (χ3n) is 3.23. The van der Waals surface area contributed by atoms with Gasteiger partial charge in [-0.1, -0.05) is 6.07 Å². The Balaban J connectivity index is 3.21. The number of hydrogen-bond donors (Lipinski definition) is 0. The van der Waals surface area contributed by atoms with Crippen molar-refractivity contribution in [3.05, 3.63) is 35.1 Å². The van der Waals surface area contributed by atoms with Gasteiger partial charge in [0.25, 0.3) is 0 Å². The summed E-state index contributed by atoms with van der Waals surface area (Å²) < 4.78 is 23.6. The molecule has 0 spiro atoms. The summed E-state index contributed by atoms with van der Waals surface area (Å²) in [5, 5.41) is 0. The molecule has 0 radical (unpaired) electrons. The van der Waals surface area contributed by atoms with Crippen LogP contribution in [0.5, 0.6) is 0 Å². The number of amides is 1. The predicted octanol–water partition coefficient (Wildman–Crippen LogP) is 4.15. The van der Waals surface area contributed by atoms with Gasteiger partial charge in [-0.2, -0.15) is 0 Å². The van der Waals surface area contributed by atoms with E-state index in [0.717, 1.165) is 6.07 Å². The first-order valence-corrected chi connectivity index (χ1v) is 7.72. The molecule has 1 amide bonds. The molecule has 0 saturated heterocycles. The lowest BCUT2D eigenvalue weighted by atomic mass is 10.0. The molecule has 0 aliphatic rings. The molecule has 0 bridgehead atoms. The summed E-state index contributed by atoms with van der Waals surface area (Å²) in [6, 6.07) is 3.83. The molecule has 6 heteroatoms. The van der Waals surface area contributed by atoms with Crippen LogP contribution in [0, 0.1) is 5.82 Å². The van der Waals surface area contributed by atoms with Gasteiger partial charge in [0.05, 0.1) is 19.2 Å². The van der Waals surface area contributed by atoms with Crippen molar-refractivity contribution in [2.75, 3.05) is 7.11 Å². The second-order valence-corrected chi connectivity index (χ2v) is 7.53. The van der Waals surface area contributed by atoms with E-state index in [4.69, 9.17) is 9.47 Å². The Kier molecular flexibility index (Phi) is 5.98. The molecule has 0 saturated carbocycles. The zero-order valence-electron chi connectivity index (χ0n) is 15.4. The Bertz CT molecular complexity index is 614. The molecule has 24 heavy (non-hydrogen) atoms. The van der Waals surface area contributed by atoms with Crippen LogP contribution in [-0.2, 0) is 16.0 Å². The summed E-state index contributed by atoms with van der Waals surface area (Å²) >= 11 is 0. The van der Waals surface area contributed by atoms with Crippen molar-refractivity contribution in [3.63, 3.8) is 0 Å². The van der Waals surface area contributed by atoms with Crippen LogP contribution < -0.4 is 0 Å². The first-order chi connectivity index (χ1) is 10.8. The number of nitrogens with zero attached hydrogens (tertiary/aromatic N) is 1. The average molecular weight is 339 g/mol. The molecular formula is C18H26FNO4. The van der Waals surface area contributed by atoms with E-state index in [-0.39, 0.29) is 12.1 Å². The summed E-state index contributed by atoms with van der Waals surface area (Å²) in [5.41, 5.74) is -0.613. The van der Waals surface area contributed by atoms with Crippen molar-refractivity contribution < 1.29 is 23.5 Å². The monoisotopic (exact) mass is 339 g/mol. The zero-order chi connectivity index (χ0) is 18.7. The molecule has 134 valence electrons. The fourth-order valence-electron chi connectivity index (χ4n) is 2.05. The first-order valence-electron chi connectivity index (χ1n) is 7.72. The van der Waals surface area contributed by atoms with E-state index in [1.165, 1.54) is 24.1 Å². The average Bonchev–Trinajstić information content (AvgIpc) is 2.41. The fraction of sp³-hybridized carbons (Fsp3) is 0.556. The van der Waals surface area contributed by atoms with E-state index in [1.807, 2.05) is 20.8 Å². The van der Waals surface area contributed by atoms with Crippen LogP contribution in [-0.4, -0.2) is 35.2 Å². The molecule has 0 aliphatic heterocycles. The Morgan fingerprint density at radius 1 is 1.12 bits per heavy atom. The molecule has 1 aromatic carbocycles. The number of rotatable bonds is 3. The van der Waals surface area contributed by atoms with Gasteiger partial charge < -0.3 is 9.47 Å². The lowest BCUT2D eigenvalue weighted by molar-refractivity contribution is 0.00347. The zero-order valence-corrected chi connectivity index (χ0v) is 15.4. The fourth-order valence-corrected chi connectivity index (χ4v) is 2.05. The maximum Gasteiger partial charge on any atom is 0.411 e. The highest BCUT2D eigenvalue weighted by Gasteiger charge is 2.31. The third kappa shape index (κ3) is 5.51. The van der Waals surface area contributed by atoms with E-state index in [1.54, 1.807) is 20.8 Å².